The number of methoxy groups -OCH3 is 2. The van der Waals surface area contributed by atoms with E-state index in [1.165, 1.54) is 17.3 Å². The topological polar surface area (TPSA) is 59.9 Å². The largest absolute Gasteiger partial charge is 0.493 e. The second-order valence-corrected chi connectivity index (χ2v) is 8.17. The van der Waals surface area contributed by atoms with Crippen LogP contribution in [0.2, 0.25) is 0 Å². The summed E-state index contributed by atoms with van der Waals surface area (Å²) in [5.41, 5.74) is 2.88. The van der Waals surface area contributed by atoms with Gasteiger partial charge in [0.1, 0.15) is 4.38 Å². The molecule has 0 saturated heterocycles. The lowest BCUT2D eigenvalue weighted by molar-refractivity contribution is -0.115. The average Bonchev–Trinajstić information content (AvgIpc) is 2.67. The minimum absolute atomic E-state index is 0.0793. The Morgan fingerprint density at radius 1 is 1.19 bits per heavy atom. The van der Waals surface area contributed by atoms with Crippen molar-refractivity contribution in [2.24, 2.45) is 4.99 Å². The lowest BCUT2D eigenvalue weighted by atomic mass is 10.2. The Balaban J connectivity index is 1.65. The summed E-state index contributed by atoms with van der Waals surface area (Å²) in [5.74, 6) is 2.00. The van der Waals surface area contributed by atoms with Crippen LogP contribution in [0.25, 0.3) is 0 Å². The first-order valence-corrected chi connectivity index (χ1v) is 9.96. The van der Waals surface area contributed by atoms with Gasteiger partial charge in [-0.3, -0.25) is 4.79 Å². The van der Waals surface area contributed by atoms with E-state index in [1.807, 2.05) is 25.1 Å². The number of para-hydroxylation sites is 1. The number of ether oxygens (including phenoxy) is 2. The molecule has 1 aliphatic heterocycles. The predicted octanol–water partition coefficient (Wildman–Crippen LogP) is 4.70. The van der Waals surface area contributed by atoms with Gasteiger partial charge in [-0.1, -0.05) is 41.7 Å². The molecule has 0 spiro atoms. The molecule has 7 heteroatoms. The molecule has 0 aromatic heterocycles. The number of benzene rings is 2. The Morgan fingerprint density at radius 2 is 1.96 bits per heavy atom. The van der Waals surface area contributed by atoms with Gasteiger partial charge in [-0.25, -0.2) is 4.99 Å². The number of amides is 1. The van der Waals surface area contributed by atoms with E-state index < -0.39 is 0 Å². The predicted molar refractivity (Wildman–Crippen MR) is 110 cm³/mol. The van der Waals surface area contributed by atoms with Gasteiger partial charge < -0.3 is 14.8 Å². The standard InChI is InChI=1S/C19H20N2O3S2/c1-12(26-19-21-15-7-5-4-6-13(15)11-25-19)18(22)20-14-8-9-16(23-2)17(10-14)24-3/h4-10,12H,11H2,1-3H3,(H,20,22). The number of hydrogen-bond donors (Lipinski definition) is 1. The highest BCUT2D eigenvalue weighted by molar-refractivity contribution is 8.39. The third-order valence-electron chi connectivity index (χ3n) is 3.85. The van der Waals surface area contributed by atoms with Crippen LogP contribution in [0.3, 0.4) is 0 Å². The zero-order chi connectivity index (χ0) is 18.5. The lowest BCUT2D eigenvalue weighted by Gasteiger charge is -2.17. The summed E-state index contributed by atoms with van der Waals surface area (Å²) in [4.78, 5) is 17.2. The summed E-state index contributed by atoms with van der Waals surface area (Å²) < 4.78 is 11.4. The fraction of sp³-hybridized carbons (Fsp3) is 0.263. The van der Waals surface area contributed by atoms with E-state index in [2.05, 4.69) is 16.4 Å². The average molecular weight is 389 g/mol. The number of rotatable bonds is 5. The molecule has 2 aromatic carbocycles. The molecule has 1 aliphatic rings. The third-order valence-corrected chi connectivity index (χ3v) is 6.15. The number of thioether (sulfide) groups is 2. The molecular weight excluding hydrogens is 368 g/mol. The fourth-order valence-corrected chi connectivity index (χ4v) is 4.62. The van der Waals surface area contributed by atoms with Crippen LogP contribution < -0.4 is 14.8 Å². The molecule has 136 valence electrons. The molecule has 0 aliphatic carbocycles. The summed E-state index contributed by atoms with van der Waals surface area (Å²) >= 11 is 3.14. The van der Waals surface area contributed by atoms with Crippen molar-refractivity contribution in [2.45, 2.75) is 17.9 Å². The minimum atomic E-state index is -0.264. The molecule has 0 fully saturated rings. The molecule has 1 atom stereocenters. The van der Waals surface area contributed by atoms with E-state index >= 15 is 0 Å². The van der Waals surface area contributed by atoms with Crippen molar-refractivity contribution in [2.75, 3.05) is 19.5 Å². The second-order valence-electron chi connectivity index (χ2n) is 5.61. The third kappa shape index (κ3) is 4.34. The lowest BCUT2D eigenvalue weighted by Crippen LogP contribution is -2.23. The maximum atomic E-state index is 12.5. The maximum absolute atomic E-state index is 12.5. The molecule has 2 aromatic rings. The van der Waals surface area contributed by atoms with Gasteiger partial charge in [0.15, 0.2) is 11.5 Å². The summed E-state index contributed by atoms with van der Waals surface area (Å²) in [6.45, 7) is 1.88. The Labute approximate surface area is 161 Å². The fourth-order valence-electron chi connectivity index (χ4n) is 2.44. The van der Waals surface area contributed by atoms with Gasteiger partial charge in [0.2, 0.25) is 5.91 Å². The molecule has 1 unspecified atom stereocenters. The molecule has 1 N–H and O–H groups in total. The SMILES string of the molecule is COc1ccc(NC(=O)C(C)SC2=Nc3ccccc3CS2)cc1OC. The van der Waals surface area contributed by atoms with Gasteiger partial charge in [-0.15, -0.1) is 0 Å². The van der Waals surface area contributed by atoms with Gasteiger partial charge in [-0.2, -0.15) is 0 Å². The van der Waals surface area contributed by atoms with Crippen LogP contribution in [0.15, 0.2) is 47.5 Å². The van der Waals surface area contributed by atoms with Gasteiger partial charge in [-0.05, 0) is 30.7 Å². The van der Waals surface area contributed by atoms with Gasteiger partial charge in [0.05, 0.1) is 25.2 Å². The number of anilines is 1. The molecule has 0 bridgehead atoms. The van der Waals surface area contributed by atoms with Crippen molar-refractivity contribution in [1.29, 1.82) is 0 Å². The zero-order valence-electron chi connectivity index (χ0n) is 14.8. The Kier molecular flexibility index (Phi) is 6.11. The van der Waals surface area contributed by atoms with E-state index in [-0.39, 0.29) is 11.2 Å². The summed E-state index contributed by atoms with van der Waals surface area (Å²) in [5, 5.41) is 2.65. The number of nitrogens with zero attached hydrogens (tertiary/aromatic N) is 1. The normalized spacial score (nSPS) is 14.0. The van der Waals surface area contributed by atoms with E-state index in [4.69, 9.17) is 9.47 Å². The van der Waals surface area contributed by atoms with Crippen LogP contribution in [-0.4, -0.2) is 29.8 Å². The van der Waals surface area contributed by atoms with Gasteiger partial charge >= 0.3 is 0 Å². The molecule has 0 saturated carbocycles. The Morgan fingerprint density at radius 3 is 2.73 bits per heavy atom. The van der Waals surface area contributed by atoms with E-state index in [0.717, 1.165) is 15.8 Å². The number of hydrogen-bond acceptors (Lipinski definition) is 6. The number of fused-ring (bicyclic) bond motifs is 1. The quantitative estimate of drug-likeness (QED) is 0.805. The molecule has 1 amide bonds. The van der Waals surface area contributed by atoms with Gasteiger partial charge in [0.25, 0.3) is 0 Å². The highest BCUT2D eigenvalue weighted by Gasteiger charge is 2.20. The van der Waals surface area contributed by atoms with E-state index in [9.17, 15) is 4.79 Å². The molecular formula is C19H20N2O3S2. The Bertz CT molecular complexity index is 839. The molecule has 5 nitrogen and oxygen atoms in total. The monoisotopic (exact) mass is 388 g/mol. The van der Waals surface area contributed by atoms with E-state index in [0.29, 0.717) is 17.2 Å². The first kappa shape index (κ1) is 18.7. The summed E-state index contributed by atoms with van der Waals surface area (Å²) in [6.07, 6.45) is 0. The van der Waals surface area contributed by atoms with Crippen molar-refractivity contribution in [1.82, 2.24) is 0 Å². The smallest absolute Gasteiger partial charge is 0.237 e. The summed E-state index contributed by atoms with van der Waals surface area (Å²) in [7, 11) is 3.15. The van der Waals surface area contributed by atoms with Crippen molar-refractivity contribution in [3.63, 3.8) is 0 Å². The van der Waals surface area contributed by atoms with Crippen LogP contribution in [0.1, 0.15) is 12.5 Å². The summed E-state index contributed by atoms with van der Waals surface area (Å²) in [6, 6.07) is 13.4. The first-order chi connectivity index (χ1) is 12.6. The molecule has 0 radical (unpaired) electrons. The second kappa shape index (κ2) is 8.51. The molecule has 3 rings (SSSR count). The van der Waals surface area contributed by atoms with E-state index in [1.54, 1.807) is 44.2 Å². The maximum Gasteiger partial charge on any atom is 0.237 e. The number of nitrogens with one attached hydrogen (secondary N) is 1. The van der Waals surface area contributed by atoms with Gasteiger partial charge in [0, 0.05) is 17.5 Å². The van der Waals surface area contributed by atoms with Crippen LogP contribution in [0, 0.1) is 0 Å². The first-order valence-electron chi connectivity index (χ1n) is 8.09. The highest BCUT2D eigenvalue weighted by atomic mass is 32.2. The highest BCUT2D eigenvalue weighted by Crippen LogP contribution is 2.36. The van der Waals surface area contributed by atoms with Crippen molar-refractivity contribution >= 4 is 45.2 Å². The van der Waals surface area contributed by atoms with Crippen molar-refractivity contribution in [3.05, 3.63) is 48.0 Å². The number of aliphatic imine (C=N–C) groups is 1. The number of carbonyl (C=O) groups excluding carboxylic acids is 1. The van der Waals surface area contributed by atoms with Crippen LogP contribution in [0.5, 0.6) is 11.5 Å². The minimum Gasteiger partial charge on any atom is -0.493 e. The van der Waals surface area contributed by atoms with Crippen molar-refractivity contribution < 1.29 is 14.3 Å². The zero-order valence-corrected chi connectivity index (χ0v) is 16.4. The Hall–Kier alpha value is -2.12. The van der Waals surface area contributed by atoms with Crippen LogP contribution in [0.4, 0.5) is 11.4 Å². The van der Waals surface area contributed by atoms with Crippen LogP contribution in [-0.2, 0) is 10.5 Å². The van der Waals surface area contributed by atoms with Crippen molar-refractivity contribution in [3.8, 4) is 11.5 Å². The molecule has 26 heavy (non-hydrogen) atoms. The van der Waals surface area contributed by atoms with Crippen LogP contribution >= 0.6 is 23.5 Å². The molecule has 1 heterocycles. The number of carbonyl (C=O) groups is 1.